The Bertz CT molecular complexity index is 1250. The number of rotatable bonds is 12. The van der Waals surface area contributed by atoms with Gasteiger partial charge in [-0.1, -0.05) is 73.7 Å². The quantitative estimate of drug-likeness (QED) is 0.386. The van der Waals surface area contributed by atoms with Gasteiger partial charge in [0, 0.05) is 12.6 Å². The number of para-hydroxylation sites is 1. The Labute approximate surface area is 220 Å². The molecule has 1 atom stereocenters. The highest BCUT2D eigenvalue weighted by atomic mass is 32.2. The van der Waals surface area contributed by atoms with Crippen molar-refractivity contribution in [3.8, 4) is 0 Å². The number of amides is 2. The lowest BCUT2D eigenvalue weighted by molar-refractivity contribution is -0.139. The van der Waals surface area contributed by atoms with Gasteiger partial charge in [0.25, 0.3) is 10.0 Å². The minimum absolute atomic E-state index is 0.0899. The normalized spacial score (nSPS) is 12.1. The van der Waals surface area contributed by atoms with Gasteiger partial charge in [0.05, 0.1) is 10.6 Å². The van der Waals surface area contributed by atoms with Crippen molar-refractivity contribution in [3.05, 3.63) is 96.6 Å². The number of nitrogens with one attached hydrogen (secondary N) is 1. The van der Waals surface area contributed by atoms with Crippen LogP contribution in [0, 0.1) is 0 Å². The third kappa shape index (κ3) is 7.43. The predicted octanol–water partition coefficient (Wildman–Crippen LogP) is 4.26. The van der Waals surface area contributed by atoms with Crippen LogP contribution in [0.4, 0.5) is 5.69 Å². The summed E-state index contributed by atoms with van der Waals surface area (Å²) in [6, 6.07) is 25.5. The fraction of sp³-hybridized carbons (Fsp3) is 0.310. The highest BCUT2D eigenvalue weighted by Gasteiger charge is 2.33. The maximum Gasteiger partial charge on any atom is 0.264 e. The van der Waals surface area contributed by atoms with E-state index >= 15 is 0 Å². The summed E-state index contributed by atoms with van der Waals surface area (Å²) in [6.45, 7) is 5.43. The summed E-state index contributed by atoms with van der Waals surface area (Å²) >= 11 is 0. The molecule has 0 spiro atoms. The minimum atomic E-state index is -4.04. The van der Waals surface area contributed by atoms with Crippen molar-refractivity contribution < 1.29 is 18.0 Å². The molecule has 0 fully saturated rings. The molecular formula is C29H35N3O4S. The van der Waals surface area contributed by atoms with Gasteiger partial charge in [0.2, 0.25) is 11.8 Å². The van der Waals surface area contributed by atoms with E-state index in [1.54, 1.807) is 48.5 Å². The molecule has 0 heterocycles. The number of carbonyl (C=O) groups is 2. The molecule has 0 radical (unpaired) electrons. The highest BCUT2D eigenvalue weighted by molar-refractivity contribution is 7.92. The summed E-state index contributed by atoms with van der Waals surface area (Å²) in [5, 5.41) is 2.90. The molecular weight excluding hydrogens is 486 g/mol. The second kappa shape index (κ2) is 13.1. The number of hydrogen-bond acceptors (Lipinski definition) is 4. The van der Waals surface area contributed by atoms with Crippen LogP contribution in [0.2, 0.25) is 0 Å². The molecule has 1 unspecified atom stereocenters. The first-order valence-corrected chi connectivity index (χ1v) is 13.9. The Morgan fingerprint density at radius 1 is 0.838 bits per heavy atom. The average Bonchev–Trinajstić information content (AvgIpc) is 2.90. The molecule has 8 heteroatoms. The van der Waals surface area contributed by atoms with Crippen molar-refractivity contribution in [1.82, 2.24) is 10.2 Å². The molecule has 3 aromatic rings. The fourth-order valence-corrected chi connectivity index (χ4v) is 5.55. The summed E-state index contributed by atoms with van der Waals surface area (Å²) in [6.07, 6.45) is 0.935. The van der Waals surface area contributed by atoms with Crippen molar-refractivity contribution in [2.75, 3.05) is 17.4 Å². The Morgan fingerprint density at radius 2 is 1.38 bits per heavy atom. The highest BCUT2D eigenvalue weighted by Crippen LogP contribution is 2.24. The second-order valence-electron chi connectivity index (χ2n) is 9.07. The van der Waals surface area contributed by atoms with Gasteiger partial charge in [-0.05, 0) is 56.5 Å². The molecule has 3 rings (SSSR count). The molecule has 196 valence electrons. The van der Waals surface area contributed by atoms with E-state index in [4.69, 9.17) is 0 Å². The Hall–Kier alpha value is -3.65. The maximum absolute atomic E-state index is 13.9. The zero-order valence-electron chi connectivity index (χ0n) is 21.6. The molecule has 0 bridgehead atoms. The SMILES string of the molecule is CCC(C(=O)NC(C)C)N(CCc1ccccc1)C(=O)CN(c1ccccc1)S(=O)(=O)c1ccccc1. The first-order chi connectivity index (χ1) is 17.7. The van der Waals surface area contributed by atoms with Crippen molar-refractivity contribution in [2.24, 2.45) is 0 Å². The molecule has 0 aliphatic rings. The van der Waals surface area contributed by atoms with E-state index < -0.39 is 28.5 Å². The zero-order valence-corrected chi connectivity index (χ0v) is 22.4. The summed E-state index contributed by atoms with van der Waals surface area (Å²) in [7, 11) is -4.04. The van der Waals surface area contributed by atoms with Crippen molar-refractivity contribution in [1.29, 1.82) is 0 Å². The molecule has 0 aromatic heterocycles. The van der Waals surface area contributed by atoms with Gasteiger partial charge < -0.3 is 10.2 Å². The molecule has 37 heavy (non-hydrogen) atoms. The van der Waals surface area contributed by atoms with Gasteiger partial charge in [-0.2, -0.15) is 0 Å². The number of carbonyl (C=O) groups excluding carboxylic acids is 2. The van der Waals surface area contributed by atoms with E-state index in [0.717, 1.165) is 9.87 Å². The van der Waals surface area contributed by atoms with E-state index in [9.17, 15) is 18.0 Å². The zero-order chi connectivity index (χ0) is 26.8. The third-order valence-electron chi connectivity index (χ3n) is 5.96. The lowest BCUT2D eigenvalue weighted by Gasteiger charge is -2.33. The smallest absolute Gasteiger partial charge is 0.264 e. The Balaban J connectivity index is 1.97. The Morgan fingerprint density at radius 3 is 1.92 bits per heavy atom. The summed E-state index contributed by atoms with van der Waals surface area (Å²) < 4.78 is 28.4. The van der Waals surface area contributed by atoms with E-state index in [0.29, 0.717) is 18.5 Å². The molecule has 0 aliphatic heterocycles. The van der Waals surface area contributed by atoms with Gasteiger partial charge >= 0.3 is 0 Å². The monoisotopic (exact) mass is 521 g/mol. The van der Waals surface area contributed by atoms with Gasteiger partial charge in [-0.15, -0.1) is 0 Å². The van der Waals surface area contributed by atoms with Crippen molar-refractivity contribution >= 4 is 27.5 Å². The predicted molar refractivity (Wildman–Crippen MR) is 147 cm³/mol. The molecule has 0 aliphatic carbocycles. The molecule has 0 saturated heterocycles. The van der Waals surface area contributed by atoms with Crippen LogP contribution >= 0.6 is 0 Å². The van der Waals surface area contributed by atoms with Crippen molar-refractivity contribution in [2.45, 2.75) is 50.6 Å². The van der Waals surface area contributed by atoms with Crippen LogP contribution in [0.1, 0.15) is 32.8 Å². The summed E-state index contributed by atoms with van der Waals surface area (Å²) in [5.74, 6) is -0.693. The number of anilines is 1. The number of nitrogens with zero attached hydrogens (tertiary/aromatic N) is 2. The van der Waals surface area contributed by atoms with Gasteiger partial charge in [-0.3, -0.25) is 13.9 Å². The van der Waals surface area contributed by atoms with E-state index in [1.165, 1.54) is 17.0 Å². The molecule has 0 saturated carbocycles. The standard InChI is InChI=1S/C29H35N3O4S/c1-4-27(29(34)30-23(2)3)31(21-20-24-14-8-5-9-15-24)28(33)22-32(25-16-10-6-11-17-25)37(35,36)26-18-12-7-13-19-26/h5-19,23,27H,4,20-22H2,1-3H3,(H,30,34). The first-order valence-electron chi connectivity index (χ1n) is 12.5. The lowest BCUT2D eigenvalue weighted by Crippen LogP contribution is -2.54. The summed E-state index contributed by atoms with van der Waals surface area (Å²) in [4.78, 5) is 28.5. The molecule has 3 aromatic carbocycles. The topological polar surface area (TPSA) is 86.8 Å². The van der Waals surface area contributed by atoms with E-state index in [1.807, 2.05) is 51.1 Å². The largest absolute Gasteiger partial charge is 0.352 e. The van der Waals surface area contributed by atoms with Crippen LogP contribution in [0.3, 0.4) is 0 Å². The minimum Gasteiger partial charge on any atom is -0.352 e. The van der Waals surface area contributed by atoms with Gasteiger partial charge in [0.1, 0.15) is 12.6 Å². The van der Waals surface area contributed by atoms with Crippen LogP contribution < -0.4 is 9.62 Å². The summed E-state index contributed by atoms with van der Waals surface area (Å²) in [5.41, 5.74) is 1.40. The van der Waals surface area contributed by atoms with Crippen LogP contribution in [0.5, 0.6) is 0 Å². The second-order valence-corrected chi connectivity index (χ2v) is 10.9. The number of hydrogen-bond donors (Lipinski definition) is 1. The lowest BCUT2D eigenvalue weighted by atomic mass is 10.1. The Kier molecular flexibility index (Phi) is 9.85. The third-order valence-corrected chi connectivity index (χ3v) is 7.74. The van der Waals surface area contributed by atoms with Crippen LogP contribution in [-0.2, 0) is 26.0 Å². The first kappa shape index (κ1) is 27.9. The van der Waals surface area contributed by atoms with Gasteiger partial charge in [-0.25, -0.2) is 8.42 Å². The van der Waals surface area contributed by atoms with E-state index in [-0.39, 0.29) is 23.4 Å². The molecule has 7 nitrogen and oxygen atoms in total. The van der Waals surface area contributed by atoms with Crippen molar-refractivity contribution in [3.63, 3.8) is 0 Å². The number of benzene rings is 3. The number of sulfonamides is 1. The van der Waals surface area contributed by atoms with Gasteiger partial charge in [0.15, 0.2) is 0 Å². The average molecular weight is 522 g/mol. The maximum atomic E-state index is 13.9. The van der Waals surface area contributed by atoms with Crippen LogP contribution in [0.15, 0.2) is 95.9 Å². The molecule has 1 N–H and O–H groups in total. The fourth-order valence-electron chi connectivity index (χ4n) is 4.12. The van der Waals surface area contributed by atoms with E-state index in [2.05, 4.69) is 5.32 Å². The van der Waals surface area contributed by atoms with Crippen LogP contribution in [-0.4, -0.2) is 50.3 Å². The molecule has 2 amide bonds. The van der Waals surface area contributed by atoms with Crippen LogP contribution in [0.25, 0.3) is 0 Å².